The van der Waals surface area contributed by atoms with Gasteiger partial charge < -0.3 is 17.1 Å². The second kappa shape index (κ2) is 10.5. The minimum absolute atomic E-state index is 0.313. The monoisotopic (exact) mass is 285 g/mol. The molecule has 0 rings (SSSR count). The molecule has 0 aliphatic rings. The molecule has 19 heavy (non-hydrogen) atoms. The van der Waals surface area contributed by atoms with Crippen molar-refractivity contribution >= 4 is 27.8 Å². The third-order valence-corrected chi connectivity index (χ3v) is 2.62. The topological polar surface area (TPSA) is 71.1 Å². The summed E-state index contributed by atoms with van der Waals surface area (Å²) in [5.74, 6) is -0.119. The molecule has 0 fully saturated rings. The van der Waals surface area contributed by atoms with Gasteiger partial charge in [0.15, 0.2) is 0 Å². The molecule has 0 saturated heterocycles. The molecule has 0 amide bonds. The van der Waals surface area contributed by atoms with Gasteiger partial charge in [0.25, 0.3) is 0 Å². The van der Waals surface area contributed by atoms with Crippen LogP contribution in [0.2, 0.25) is 0 Å². The summed E-state index contributed by atoms with van der Waals surface area (Å²) < 4.78 is 19.8. The van der Waals surface area contributed by atoms with E-state index in [-0.39, 0.29) is 0 Å². The van der Waals surface area contributed by atoms with Gasteiger partial charge in [-0.1, -0.05) is 0 Å². The van der Waals surface area contributed by atoms with E-state index in [0.29, 0.717) is 24.7 Å². The summed E-state index contributed by atoms with van der Waals surface area (Å²) in [6.07, 6.45) is 2.48. The van der Waals surface area contributed by atoms with Gasteiger partial charge >= 0.3 is 27.8 Å². The summed E-state index contributed by atoms with van der Waals surface area (Å²) >= 11 is -0.853. The minimum Gasteiger partial charge on any atom is -0.619 e. The predicted octanol–water partition coefficient (Wildman–Crippen LogP) is 1.49. The van der Waals surface area contributed by atoms with Gasteiger partial charge in [0.05, 0.1) is 36.9 Å². The number of carbonyl (C=O) groups excluding carboxylic acids is 2. The van der Waals surface area contributed by atoms with Crippen LogP contribution in [0.5, 0.6) is 0 Å². The highest BCUT2D eigenvalue weighted by molar-refractivity contribution is 6.19. The molecule has 0 aromatic heterocycles. The Morgan fingerprint density at radius 2 is 1.26 bits per heavy atom. The Balaban J connectivity index is 4.02. The molecule has 7 heteroatoms. The van der Waals surface area contributed by atoms with E-state index in [9.17, 15) is 9.59 Å². The number of hydrogen-bond acceptors (Lipinski definition) is 6. The quantitative estimate of drug-likeness (QED) is 0.291. The van der Waals surface area contributed by atoms with Crippen LogP contribution in [0, 0.1) is 0 Å². The van der Waals surface area contributed by atoms with E-state index >= 15 is 0 Å². The summed E-state index contributed by atoms with van der Waals surface area (Å²) in [6.45, 7) is 7.32. The van der Waals surface area contributed by atoms with Crippen LogP contribution < -0.4 is 0 Å². The highest BCUT2D eigenvalue weighted by Crippen LogP contribution is 2.00. The Morgan fingerprint density at radius 3 is 1.58 bits per heavy atom. The number of hydrogen-bond donors (Lipinski definition) is 0. The van der Waals surface area contributed by atoms with Crippen molar-refractivity contribution in [3.05, 3.63) is 23.7 Å². The molecule has 0 aliphatic heterocycles. The second-order valence-electron chi connectivity index (χ2n) is 3.35. The molecule has 0 N–H and O–H groups in total. The average Bonchev–Trinajstić information content (AvgIpc) is 2.28. The molecule has 6 nitrogen and oxygen atoms in total. The molecule has 0 spiro atoms. The van der Waals surface area contributed by atoms with Crippen LogP contribution in [0.3, 0.4) is 0 Å². The van der Waals surface area contributed by atoms with Gasteiger partial charge in [-0.05, 0) is 27.7 Å². The Labute approximate surface area is 119 Å². The molecule has 0 aromatic rings. The normalized spacial score (nSPS) is 11.6. The fraction of sp³-hybridized carbons (Fsp3) is 0.500. The largest absolute Gasteiger partial charge is 0.881 e. The first-order valence-corrected chi connectivity index (χ1v) is 6.79. The fourth-order valence-electron chi connectivity index (χ4n) is 0.944. The van der Waals surface area contributed by atoms with E-state index in [1.807, 2.05) is 0 Å². The molecule has 0 bridgehead atoms. The lowest BCUT2D eigenvalue weighted by atomic mass is 10.5. The Hall–Kier alpha value is -1.45. The van der Waals surface area contributed by atoms with E-state index in [2.05, 4.69) is 0 Å². The molecular weight excluding hydrogens is 267 g/mol. The van der Waals surface area contributed by atoms with Gasteiger partial charge in [-0.15, -0.1) is 0 Å². The molecule has 0 saturated carbocycles. The lowest BCUT2D eigenvalue weighted by Crippen LogP contribution is -2.07. The zero-order valence-electron chi connectivity index (χ0n) is 11.6. The third kappa shape index (κ3) is 10.2. The molecule has 0 unspecified atom stereocenters. The van der Waals surface area contributed by atoms with Crippen molar-refractivity contribution in [2.45, 2.75) is 27.7 Å². The van der Waals surface area contributed by atoms with Crippen molar-refractivity contribution in [1.29, 1.82) is 0 Å². The van der Waals surface area contributed by atoms with Crippen molar-refractivity contribution in [2.75, 3.05) is 13.2 Å². The van der Waals surface area contributed by atoms with Crippen LogP contribution in [0.15, 0.2) is 23.7 Å². The summed E-state index contributed by atoms with van der Waals surface area (Å²) in [4.78, 5) is 22.2. The van der Waals surface area contributed by atoms with Gasteiger partial charge in [-0.25, -0.2) is 9.59 Å². The van der Waals surface area contributed by atoms with E-state index in [0.717, 1.165) is 0 Å². The van der Waals surface area contributed by atoms with E-state index in [1.54, 1.807) is 27.7 Å². The second-order valence-corrected chi connectivity index (χ2v) is 4.01. The number of carbonyl (C=O) groups is 2. The standard InChI is InChI=1S/2C6H10O3.Al/c2*1-3-9-6(8)4-5(2)7;/h2*4,7H,3H2,1-2H3;/q;;+2/p-2/b2*5-4-;. The fourth-order valence-corrected chi connectivity index (χ4v) is 1.43. The Morgan fingerprint density at radius 1 is 0.895 bits per heavy atom. The third-order valence-electron chi connectivity index (χ3n) is 1.68. The molecule has 0 atom stereocenters. The summed E-state index contributed by atoms with van der Waals surface area (Å²) in [5, 5.41) is 0. The maximum absolute atomic E-state index is 11.1. The van der Waals surface area contributed by atoms with Gasteiger partial charge in [0.1, 0.15) is 0 Å². The first-order valence-electron chi connectivity index (χ1n) is 5.84. The van der Waals surface area contributed by atoms with Gasteiger partial charge in [-0.3, -0.25) is 0 Å². The van der Waals surface area contributed by atoms with Crippen molar-refractivity contribution < 1.29 is 26.6 Å². The van der Waals surface area contributed by atoms with E-state index in [4.69, 9.17) is 17.1 Å². The number of ether oxygens (including phenoxy) is 2. The molecule has 105 valence electrons. The van der Waals surface area contributed by atoms with Crippen molar-refractivity contribution in [3.63, 3.8) is 0 Å². The maximum Gasteiger partial charge on any atom is 0.881 e. The van der Waals surface area contributed by atoms with Crippen molar-refractivity contribution in [1.82, 2.24) is 0 Å². The van der Waals surface area contributed by atoms with Crippen LogP contribution in [-0.2, 0) is 26.6 Å². The van der Waals surface area contributed by atoms with E-state index in [1.165, 1.54) is 12.2 Å². The van der Waals surface area contributed by atoms with Crippen molar-refractivity contribution in [2.24, 2.45) is 0 Å². The first kappa shape index (κ1) is 17.6. The highest BCUT2D eigenvalue weighted by Gasteiger charge is 2.07. The average molecular weight is 285 g/mol. The maximum atomic E-state index is 11.1. The summed E-state index contributed by atoms with van der Waals surface area (Å²) in [6, 6.07) is 0. The van der Waals surface area contributed by atoms with Crippen LogP contribution in [-0.4, -0.2) is 41.0 Å². The Kier molecular flexibility index (Phi) is 9.67. The Bertz CT molecular complexity index is 327. The molecular formula is C12H18AlO6. The smallest absolute Gasteiger partial charge is 0.619 e. The van der Waals surface area contributed by atoms with Gasteiger partial charge in [0, 0.05) is 0 Å². The predicted molar refractivity (Wildman–Crippen MR) is 68.7 cm³/mol. The van der Waals surface area contributed by atoms with Gasteiger partial charge in [-0.2, -0.15) is 0 Å². The van der Waals surface area contributed by atoms with Gasteiger partial charge in [0.2, 0.25) is 0 Å². The van der Waals surface area contributed by atoms with E-state index < -0.39 is 27.8 Å². The lowest BCUT2D eigenvalue weighted by Gasteiger charge is -2.08. The zero-order chi connectivity index (χ0) is 14.7. The van der Waals surface area contributed by atoms with Crippen molar-refractivity contribution in [3.8, 4) is 0 Å². The van der Waals surface area contributed by atoms with Crippen LogP contribution in [0.1, 0.15) is 27.7 Å². The molecule has 0 aliphatic carbocycles. The molecule has 0 aromatic carbocycles. The summed E-state index contributed by atoms with van der Waals surface area (Å²) in [7, 11) is 0. The van der Waals surface area contributed by atoms with Crippen LogP contribution in [0.4, 0.5) is 0 Å². The SMILES string of the molecule is CCOC(=O)/C=C(/C)[O][Al][O]/C(C)=C\C(=O)OCC. The molecule has 1 radical (unpaired) electrons. The lowest BCUT2D eigenvalue weighted by molar-refractivity contribution is -0.138. The highest BCUT2D eigenvalue weighted by atomic mass is 27.2. The molecule has 0 heterocycles. The summed E-state index contributed by atoms with van der Waals surface area (Å²) in [5.41, 5.74) is 0. The minimum atomic E-state index is -0.853. The van der Waals surface area contributed by atoms with Crippen LogP contribution >= 0.6 is 0 Å². The number of allylic oxidation sites excluding steroid dienone is 2. The zero-order valence-corrected chi connectivity index (χ0v) is 12.8. The number of rotatable bonds is 8. The first-order chi connectivity index (χ1) is 8.99. The van der Waals surface area contributed by atoms with Crippen LogP contribution in [0.25, 0.3) is 0 Å². The number of esters is 2.